The largest absolute Gasteiger partial charge is 0.352 e. The molecule has 0 spiro atoms. The summed E-state index contributed by atoms with van der Waals surface area (Å²) in [4.78, 5) is 40.2. The summed E-state index contributed by atoms with van der Waals surface area (Å²) in [6, 6.07) is 14.4. The van der Waals surface area contributed by atoms with Gasteiger partial charge in [-0.25, -0.2) is 0 Å². The summed E-state index contributed by atoms with van der Waals surface area (Å²) in [5, 5.41) is 6.28. The summed E-state index contributed by atoms with van der Waals surface area (Å²) in [5.41, 5.74) is 2.24. The maximum Gasteiger partial charge on any atom is 0.238 e. The van der Waals surface area contributed by atoms with Crippen molar-refractivity contribution in [2.24, 2.45) is 5.92 Å². The first-order chi connectivity index (χ1) is 14.3. The molecular formula is C22H25ClN4O3. The molecule has 1 aliphatic rings. The molecule has 0 radical (unpaired) electrons. The van der Waals surface area contributed by atoms with Crippen molar-refractivity contribution in [3.63, 3.8) is 0 Å². The Morgan fingerprint density at radius 1 is 1.17 bits per heavy atom. The molecule has 7 nitrogen and oxygen atoms in total. The molecule has 2 aromatic carbocycles. The average Bonchev–Trinajstić information content (AvgIpc) is 3.07. The zero-order valence-corrected chi connectivity index (χ0v) is 17.8. The van der Waals surface area contributed by atoms with Crippen LogP contribution < -0.4 is 15.5 Å². The predicted octanol–water partition coefficient (Wildman–Crippen LogP) is 2.51. The zero-order valence-electron chi connectivity index (χ0n) is 17.0. The van der Waals surface area contributed by atoms with Crippen molar-refractivity contribution in [3.8, 4) is 0 Å². The van der Waals surface area contributed by atoms with Crippen LogP contribution in [0.15, 0.2) is 48.5 Å². The number of nitrogens with one attached hydrogen (secondary N) is 2. The van der Waals surface area contributed by atoms with Crippen LogP contribution >= 0.6 is 11.6 Å². The second-order valence-corrected chi connectivity index (χ2v) is 8.03. The molecule has 1 saturated heterocycles. The number of carbonyl (C=O) groups is 3. The predicted molar refractivity (Wildman–Crippen MR) is 117 cm³/mol. The zero-order chi connectivity index (χ0) is 21.7. The van der Waals surface area contributed by atoms with Crippen LogP contribution in [0.1, 0.15) is 12.0 Å². The molecule has 1 fully saturated rings. The molecule has 0 saturated carbocycles. The van der Waals surface area contributed by atoms with Crippen molar-refractivity contribution in [2.75, 3.05) is 37.4 Å². The summed E-state index contributed by atoms with van der Waals surface area (Å²) in [6.07, 6.45) is 0.166. The van der Waals surface area contributed by atoms with Gasteiger partial charge in [0.05, 0.1) is 12.5 Å². The molecule has 8 heteroatoms. The van der Waals surface area contributed by atoms with E-state index in [0.717, 1.165) is 5.56 Å². The fraction of sp³-hybridized carbons (Fsp3) is 0.318. The number of rotatable bonds is 7. The van der Waals surface area contributed by atoms with E-state index in [9.17, 15) is 14.4 Å². The van der Waals surface area contributed by atoms with E-state index in [0.29, 0.717) is 36.0 Å². The molecular weight excluding hydrogens is 404 g/mol. The number of likely N-dealkylation sites (N-methyl/N-ethyl adjacent to an activating group) is 1. The third kappa shape index (κ3) is 5.81. The van der Waals surface area contributed by atoms with Gasteiger partial charge in [0.1, 0.15) is 0 Å². The summed E-state index contributed by atoms with van der Waals surface area (Å²) < 4.78 is 0. The SMILES string of the molecule is CN(C)CC(=O)Nc1cccc(CNC(=O)C2CC(=O)N(c3cccc(Cl)c3)C2)c1. The summed E-state index contributed by atoms with van der Waals surface area (Å²) in [7, 11) is 3.65. The molecule has 1 atom stereocenters. The molecule has 0 aliphatic carbocycles. The molecule has 3 rings (SSSR count). The van der Waals surface area contributed by atoms with Crippen LogP contribution in [0.4, 0.5) is 11.4 Å². The first-order valence-electron chi connectivity index (χ1n) is 9.69. The van der Waals surface area contributed by atoms with Crippen molar-refractivity contribution >= 4 is 40.7 Å². The highest BCUT2D eigenvalue weighted by atomic mass is 35.5. The van der Waals surface area contributed by atoms with Gasteiger partial charge in [-0.15, -0.1) is 0 Å². The highest BCUT2D eigenvalue weighted by molar-refractivity contribution is 6.31. The smallest absolute Gasteiger partial charge is 0.238 e. The Hall–Kier alpha value is -2.90. The Bertz CT molecular complexity index is 947. The fourth-order valence-electron chi connectivity index (χ4n) is 3.36. The molecule has 1 unspecified atom stereocenters. The van der Waals surface area contributed by atoms with Gasteiger partial charge in [-0.3, -0.25) is 14.4 Å². The topological polar surface area (TPSA) is 81.8 Å². The number of carbonyl (C=O) groups excluding carboxylic acids is 3. The van der Waals surface area contributed by atoms with E-state index in [1.807, 2.05) is 32.3 Å². The molecule has 1 aliphatic heterocycles. The van der Waals surface area contributed by atoms with Gasteiger partial charge < -0.3 is 20.4 Å². The van der Waals surface area contributed by atoms with Crippen molar-refractivity contribution in [3.05, 3.63) is 59.1 Å². The van der Waals surface area contributed by atoms with Crippen molar-refractivity contribution in [1.29, 1.82) is 0 Å². The monoisotopic (exact) mass is 428 g/mol. The van der Waals surface area contributed by atoms with Gasteiger partial charge in [-0.2, -0.15) is 0 Å². The number of benzene rings is 2. The first-order valence-corrected chi connectivity index (χ1v) is 10.1. The van der Waals surface area contributed by atoms with Crippen molar-refractivity contribution < 1.29 is 14.4 Å². The van der Waals surface area contributed by atoms with Crippen LogP contribution in [0.25, 0.3) is 0 Å². The summed E-state index contributed by atoms with van der Waals surface area (Å²) in [6.45, 7) is 0.934. The maximum atomic E-state index is 12.6. The Balaban J connectivity index is 1.55. The third-order valence-electron chi connectivity index (χ3n) is 4.75. The first kappa shape index (κ1) is 21.8. The molecule has 2 N–H and O–H groups in total. The molecule has 1 heterocycles. The van der Waals surface area contributed by atoms with E-state index in [-0.39, 0.29) is 24.1 Å². The van der Waals surface area contributed by atoms with Crippen molar-refractivity contribution in [2.45, 2.75) is 13.0 Å². The summed E-state index contributed by atoms with van der Waals surface area (Å²) in [5.74, 6) is -0.788. The lowest BCUT2D eigenvalue weighted by molar-refractivity contribution is -0.126. The van der Waals surface area contributed by atoms with E-state index in [2.05, 4.69) is 10.6 Å². The van der Waals surface area contributed by atoms with Gasteiger partial charge in [0.2, 0.25) is 17.7 Å². The number of hydrogen-bond acceptors (Lipinski definition) is 4. The third-order valence-corrected chi connectivity index (χ3v) is 4.99. The molecule has 0 aromatic heterocycles. The minimum absolute atomic E-state index is 0.0944. The van der Waals surface area contributed by atoms with E-state index in [1.165, 1.54) is 0 Å². The highest BCUT2D eigenvalue weighted by Crippen LogP contribution is 2.27. The second-order valence-electron chi connectivity index (χ2n) is 7.59. The number of anilines is 2. The average molecular weight is 429 g/mol. The Morgan fingerprint density at radius 3 is 2.67 bits per heavy atom. The van der Waals surface area contributed by atoms with E-state index in [4.69, 9.17) is 11.6 Å². The Morgan fingerprint density at radius 2 is 1.93 bits per heavy atom. The van der Waals surface area contributed by atoms with Crippen LogP contribution in [0.2, 0.25) is 5.02 Å². The van der Waals surface area contributed by atoms with Crippen LogP contribution in [-0.2, 0) is 20.9 Å². The quantitative estimate of drug-likeness (QED) is 0.710. The molecule has 2 aromatic rings. The van der Waals surface area contributed by atoms with Gasteiger partial charge >= 0.3 is 0 Å². The van der Waals surface area contributed by atoms with E-state index in [1.54, 1.807) is 40.1 Å². The van der Waals surface area contributed by atoms with Gasteiger partial charge in [0.15, 0.2) is 0 Å². The molecule has 158 valence electrons. The van der Waals surface area contributed by atoms with Crippen LogP contribution in [-0.4, -0.2) is 49.8 Å². The lowest BCUT2D eigenvalue weighted by Crippen LogP contribution is -2.32. The fourth-order valence-corrected chi connectivity index (χ4v) is 3.54. The highest BCUT2D eigenvalue weighted by Gasteiger charge is 2.35. The lowest BCUT2D eigenvalue weighted by atomic mass is 10.1. The number of amides is 3. The van der Waals surface area contributed by atoms with Gasteiger partial charge in [0.25, 0.3) is 0 Å². The molecule has 3 amide bonds. The minimum atomic E-state index is -0.417. The van der Waals surface area contributed by atoms with Gasteiger partial charge in [-0.05, 0) is 50.0 Å². The van der Waals surface area contributed by atoms with E-state index < -0.39 is 5.92 Å². The molecule has 30 heavy (non-hydrogen) atoms. The van der Waals surface area contributed by atoms with Crippen LogP contribution in [0.3, 0.4) is 0 Å². The van der Waals surface area contributed by atoms with Crippen LogP contribution in [0.5, 0.6) is 0 Å². The van der Waals surface area contributed by atoms with Gasteiger partial charge in [0, 0.05) is 35.9 Å². The lowest BCUT2D eigenvalue weighted by Gasteiger charge is -2.17. The van der Waals surface area contributed by atoms with Crippen molar-refractivity contribution in [1.82, 2.24) is 10.2 Å². The Labute approximate surface area is 181 Å². The number of halogens is 1. The normalized spacial score (nSPS) is 16.1. The minimum Gasteiger partial charge on any atom is -0.352 e. The number of hydrogen-bond donors (Lipinski definition) is 2. The van der Waals surface area contributed by atoms with Crippen LogP contribution in [0, 0.1) is 5.92 Å². The van der Waals surface area contributed by atoms with E-state index >= 15 is 0 Å². The Kier molecular flexibility index (Phi) is 7.07. The molecule has 0 bridgehead atoms. The number of nitrogens with zero attached hydrogens (tertiary/aromatic N) is 2. The maximum absolute atomic E-state index is 12.6. The summed E-state index contributed by atoms with van der Waals surface area (Å²) >= 11 is 6.01. The second kappa shape index (κ2) is 9.73. The standard InChI is InChI=1S/C22H25ClN4O3/c1-26(2)14-20(28)25-18-7-3-5-15(9-18)12-24-22(30)16-10-21(29)27(13-16)19-8-4-6-17(23)11-19/h3-9,11,16H,10,12-14H2,1-2H3,(H,24,30)(H,25,28). The van der Waals surface area contributed by atoms with Gasteiger partial charge in [-0.1, -0.05) is 29.8 Å².